The Morgan fingerprint density at radius 1 is 1.61 bits per heavy atom. The minimum atomic E-state index is -0.458. The van der Waals surface area contributed by atoms with Crippen LogP contribution >= 0.6 is 0 Å². The molecule has 2 rings (SSSR count). The van der Waals surface area contributed by atoms with Gasteiger partial charge in [-0.05, 0) is 13.0 Å². The van der Waals surface area contributed by atoms with Crippen molar-refractivity contribution in [3.8, 4) is 5.75 Å². The summed E-state index contributed by atoms with van der Waals surface area (Å²) in [6.45, 7) is 2.42. The van der Waals surface area contributed by atoms with Gasteiger partial charge in [0.25, 0.3) is 5.69 Å². The van der Waals surface area contributed by atoms with Crippen LogP contribution in [0.5, 0.6) is 5.75 Å². The van der Waals surface area contributed by atoms with Crippen molar-refractivity contribution in [2.75, 3.05) is 13.2 Å². The van der Waals surface area contributed by atoms with Crippen LogP contribution in [-0.2, 0) is 9.53 Å². The van der Waals surface area contributed by atoms with E-state index in [0.717, 1.165) is 0 Å². The largest absolute Gasteiger partial charge is 0.493 e. The number of nitro benzene ring substituents is 1. The zero-order valence-corrected chi connectivity index (χ0v) is 9.92. The molecule has 0 spiro atoms. The van der Waals surface area contributed by atoms with Crippen LogP contribution in [0.25, 0.3) is 0 Å². The first kappa shape index (κ1) is 12.3. The summed E-state index contributed by atoms with van der Waals surface area (Å²) < 4.78 is 10.3. The van der Waals surface area contributed by atoms with Gasteiger partial charge in [-0.2, -0.15) is 0 Å². The van der Waals surface area contributed by atoms with E-state index in [2.05, 4.69) is 0 Å². The van der Waals surface area contributed by atoms with Gasteiger partial charge in [0.2, 0.25) is 0 Å². The fourth-order valence-corrected chi connectivity index (χ4v) is 1.97. The summed E-state index contributed by atoms with van der Waals surface area (Å²) in [4.78, 5) is 21.7. The maximum Gasteiger partial charge on any atom is 0.306 e. The highest BCUT2D eigenvalue weighted by atomic mass is 16.6. The molecule has 0 saturated heterocycles. The molecule has 6 heteroatoms. The summed E-state index contributed by atoms with van der Waals surface area (Å²) in [7, 11) is 0. The van der Waals surface area contributed by atoms with Gasteiger partial charge in [-0.15, -0.1) is 0 Å². The summed E-state index contributed by atoms with van der Waals surface area (Å²) in [5, 5.41) is 10.7. The number of nitrogens with zero attached hydrogens (tertiary/aromatic N) is 1. The lowest BCUT2D eigenvalue weighted by atomic mass is 9.97. The molecule has 0 saturated carbocycles. The van der Waals surface area contributed by atoms with Gasteiger partial charge in [0, 0.05) is 23.6 Å². The third kappa shape index (κ3) is 2.42. The summed E-state index contributed by atoms with van der Waals surface area (Å²) in [6, 6.07) is 4.43. The second kappa shape index (κ2) is 5.03. The summed E-state index contributed by atoms with van der Waals surface area (Å²) >= 11 is 0. The van der Waals surface area contributed by atoms with Crippen LogP contribution in [0.3, 0.4) is 0 Å². The molecule has 0 amide bonds. The Morgan fingerprint density at radius 3 is 3.06 bits per heavy atom. The normalized spacial score (nSPS) is 16.8. The molecular weight excluding hydrogens is 238 g/mol. The molecule has 96 valence electrons. The topological polar surface area (TPSA) is 78.7 Å². The van der Waals surface area contributed by atoms with Gasteiger partial charge in [-0.1, -0.05) is 0 Å². The lowest BCUT2D eigenvalue weighted by Crippen LogP contribution is -2.11. The average molecular weight is 251 g/mol. The molecule has 0 aliphatic carbocycles. The Hall–Kier alpha value is -2.11. The molecule has 1 aromatic rings. The number of benzene rings is 1. The van der Waals surface area contributed by atoms with E-state index in [1.54, 1.807) is 13.0 Å². The van der Waals surface area contributed by atoms with E-state index in [1.807, 2.05) is 0 Å². The van der Waals surface area contributed by atoms with Crippen molar-refractivity contribution in [1.29, 1.82) is 0 Å². The molecule has 0 fully saturated rings. The Balaban J connectivity index is 2.18. The van der Waals surface area contributed by atoms with Crippen molar-refractivity contribution in [2.24, 2.45) is 0 Å². The van der Waals surface area contributed by atoms with Crippen molar-refractivity contribution in [2.45, 2.75) is 19.3 Å². The standard InChI is InChI=1S/C12H13NO5/c1-2-17-12(14)5-8-7-18-11-4-3-9(13(15)16)6-10(8)11/h3-4,6,8H,2,5,7H2,1H3. The number of carbonyl (C=O) groups excluding carboxylic acids is 1. The van der Waals surface area contributed by atoms with Crippen LogP contribution in [0, 0.1) is 10.1 Å². The van der Waals surface area contributed by atoms with E-state index in [-0.39, 0.29) is 24.0 Å². The molecule has 1 aliphatic heterocycles. The van der Waals surface area contributed by atoms with Crippen molar-refractivity contribution >= 4 is 11.7 Å². The van der Waals surface area contributed by atoms with Crippen molar-refractivity contribution in [3.63, 3.8) is 0 Å². The molecule has 0 bridgehead atoms. The van der Waals surface area contributed by atoms with Crippen LogP contribution in [0.4, 0.5) is 5.69 Å². The number of nitro groups is 1. The highest BCUT2D eigenvalue weighted by Gasteiger charge is 2.28. The fraction of sp³-hybridized carbons (Fsp3) is 0.417. The van der Waals surface area contributed by atoms with E-state index in [4.69, 9.17) is 9.47 Å². The third-order valence-electron chi connectivity index (χ3n) is 2.80. The number of rotatable bonds is 4. The molecule has 1 heterocycles. The van der Waals surface area contributed by atoms with Gasteiger partial charge >= 0.3 is 5.97 Å². The first-order valence-electron chi connectivity index (χ1n) is 5.68. The maximum atomic E-state index is 11.4. The molecule has 0 N–H and O–H groups in total. The Morgan fingerprint density at radius 2 is 2.39 bits per heavy atom. The summed E-state index contributed by atoms with van der Waals surface area (Å²) in [5.74, 6) is 0.124. The van der Waals surface area contributed by atoms with Gasteiger partial charge < -0.3 is 9.47 Å². The monoisotopic (exact) mass is 251 g/mol. The highest BCUT2D eigenvalue weighted by Crippen LogP contribution is 2.38. The second-order valence-electron chi connectivity index (χ2n) is 4.00. The first-order valence-corrected chi connectivity index (χ1v) is 5.68. The molecule has 0 aromatic heterocycles. The minimum Gasteiger partial charge on any atom is -0.493 e. The number of hydrogen-bond donors (Lipinski definition) is 0. The minimum absolute atomic E-state index is 0.00751. The van der Waals surface area contributed by atoms with Gasteiger partial charge in [0.05, 0.1) is 24.6 Å². The predicted octanol–water partition coefficient (Wildman–Crippen LogP) is 2.02. The van der Waals surface area contributed by atoms with Crippen LogP contribution in [-0.4, -0.2) is 24.1 Å². The number of carbonyl (C=O) groups is 1. The summed E-state index contributed by atoms with van der Waals surface area (Å²) in [6.07, 6.45) is 0.183. The van der Waals surface area contributed by atoms with Gasteiger partial charge in [0.15, 0.2) is 0 Å². The third-order valence-corrected chi connectivity index (χ3v) is 2.80. The van der Waals surface area contributed by atoms with E-state index in [9.17, 15) is 14.9 Å². The van der Waals surface area contributed by atoms with Crippen LogP contribution in [0.2, 0.25) is 0 Å². The number of hydrogen-bond acceptors (Lipinski definition) is 5. The predicted molar refractivity (Wildman–Crippen MR) is 62.6 cm³/mol. The van der Waals surface area contributed by atoms with Crippen LogP contribution < -0.4 is 4.74 Å². The van der Waals surface area contributed by atoms with Crippen molar-refractivity contribution in [1.82, 2.24) is 0 Å². The molecular formula is C12H13NO5. The van der Waals surface area contributed by atoms with E-state index in [0.29, 0.717) is 24.5 Å². The fourth-order valence-electron chi connectivity index (χ4n) is 1.97. The van der Waals surface area contributed by atoms with Crippen molar-refractivity contribution < 1.29 is 19.2 Å². The highest BCUT2D eigenvalue weighted by molar-refractivity contribution is 5.71. The molecule has 6 nitrogen and oxygen atoms in total. The van der Waals surface area contributed by atoms with Crippen LogP contribution in [0.1, 0.15) is 24.8 Å². The van der Waals surface area contributed by atoms with E-state index in [1.165, 1.54) is 12.1 Å². The first-order chi connectivity index (χ1) is 8.61. The molecule has 1 atom stereocenters. The molecule has 0 radical (unpaired) electrons. The van der Waals surface area contributed by atoms with Crippen LogP contribution in [0.15, 0.2) is 18.2 Å². The Bertz CT molecular complexity index is 485. The zero-order valence-electron chi connectivity index (χ0n) is 9.92. The van der Waals surface area contributed by atoms with Gasteiger partial charge in [-0.25, -0.2) is 0 Å². The average Bonchev–Trinajstić information content (AvgIpc) is 2.72. The number of ether oxygens (including phenoxy) is 2. The molecule has 1 aromatic carbocycles. The van der Waals surface area contributed by atoms with Gasteiger partial charge in [-0.3, -0.25) is 14.9 Å². The smallest absolute Gasteiger partial charge is 0.306 e. The zero-order chi connectivity index (χ0) is 13.1. The van der Waals surface area contributed by atoms with E-state index >= 15 is 0 Å². The van der Waals surface area contributed by atoms with E-state index < -0.39 is 4.92 Å². The SMILES string of the molecule is CCOC(=O)CC1COc2ccc([N+](=O)[O-])cc21. The quantitative estimate of drug-likeness (QED) is 0.464. The number of esters is 1. The molecule has 1 unspecified atom stereocenters. The maximum absolute atomic E-state index is 11.4. The Kier molecular flexibility index (Phi) is 3.45. The van der Waals surface area contributed by atoms with Gasteiger partial charge in [0.1, 0.15) is 5.75 Å². The number of non-ortho nitro benzene ring substituents is 1. The lowest BCUT2D eigenvalue weighted by molar-refractivity contribution is -0.384. The molecule has 18 heavy (non-hydrogen) atoms. The summed E-state index contributed by atoms with van der Waals surface area (Å²) in [5.41, 5.74) is 0.713. The number of fused-ring (bicyclic) bond motifs is 1. The second-order valence-corrected chi connectivity index (χ2v) is 4.00. The Labute approximate surface area is 104 Å². The lowest BCUT2D eigenvalue weighted by Gasteiger charge is -2.07. The molecule has 1 aliphatic rings. The van der Waals surface area contributed by atoms with Crippen molar-refractivity contribution in [3.05, 3.63) is 33.9 Å².